The van der Waals surface area contributed by atoms with Gasteiger partial charge in [0.05, 0.1) is 12.0 Å². The first-order valence-corrected chi connectivity index (χ1v) is 9.31. The Morgan fingerprint density at radius 2 is 1.96 bits per heavy atom. The molecule has 24 heavy (non-hydrogen) atoms. The first kappa shape index (κ1) is 15.5. The number of anilines is 1. The molecule has 0 unspecified atom stereocenters. The number of aromatic nitrogens is 2. The van der Waals surface area contributed by atoms with Crippen LogP contribution >= 0.6 is 11.3 Å². The summed E-state index contributed by atoms with van der Waals surface area (Å²) < 4.78 is 5.44. The van der Waals surface area contributed by atoms with Crippen molar-refractivity contribution < 1.29 is 4.74 Å². The Morgan fingerprint density at radius 1 is 1.12 bits per heavy atom. The van der Waals surface area contributed by atoms with Gasteiger partial charge in [-0.05, 0) is 42.9 Å². The van der Waals surface area contributed by atoms with Gasteiger partial charge >= 0.3 is 0 Å². The second-order valence-corrected chi connectivity index (χ2v) is 7.15. The van der Waals surface area contributed by atoms with E-state index in [1.54, 1.807) is 6.33 Å². The number of fused-ring (bicyclic) bond motifs is 3. The molecule has 0 atom stereocenters. The molecule has 1 aliphatic rings. The van der Waals surface area contributed by atoms with Crippen molar-refractivity contribution in [1.29, 1.82) is 0 Å². The summed E-state index contributed by atoms with van der Waals surface area (Å²) >= 11 is 1.83. The predicted octanol–water partition coefficient (Wildman–Crippen LogP) is 4.33. The molecule has 0 aliphatic heterocycles. The largest absolute Gasteiger partial charge is 0.377 e. The molecule has 0 amide bonds. The summed E-state index contributed by atoms with van der Waals surface area (Å²) in [7, 11) is 0. The van der Waals surface area contributed by atoms with Crippen LogP contribution in [0, 0.1) is 0 Å². The van der Waals surface area contributed by atoms with Gasteiger partial charge in [0.25, 0.3) is 0 Å². The predicted molar refractivity (Wildman–Crippen MR) is 98.5 cm³/mol. The number of thiophene rings is 1. The maximum absolute atomic E-state index is 5.44. The minimum atomic E-state index is 0.678. The molecule has 1 N–H and O–H groups in total. The van der Waals surface area contributed by atoms with Gasteiger partial charge in [0, 0.05) is 18.0 Å². The zero-order valence-corrected chi connectivity index (χ0v) is 14.7. The Balaban J connectivity index is 1.51. The fraction of sp³-hybridized carbons (Fsp3) is 0.368. The van der Waals surface area contributed by atoms with Crippen LogP contribution in [-0.2, 0) is 30.7 Å². The van der Waals surface area contributed by atoms with Crippen LogP contribution in [0.3, 0.4) is 0 Å². The molecule has 2 heterocycles. The Kier molecular flexibility index (Phi) is 4.45. The molecule has 0 bridgehead atoms. The van der Waals surface area contributed by atoms with Gasteiger partial charge in [0.2, 0.25) is 0 Å². The SMILES string of the molecule is CCOCc1ccc(CNc2ncnc3sc4c(c23)CCC4)cc1. The van der Waals surface area contributed by atoms with Crippen LogP contribution < -0.4 is 5.32 Å². The van der Waals surface area contributed by atoms with Crippen molar-refractivity contribution in [3.8, 4) is 0 Å². The first-order valence-electron chi connectivity index (χ1n) is 8.50. The van der Waals surface area contributed by atoms with Crippen LogP contribution in [0.5, 0.6) is 0 Å². The zero-order chi connectivity index (χ0) is 16.4. The minimum Gasteiger partial charge on any atom is -0.377 e. The van der Waals surface area contributed by atoms with E-state index in [9.17, 15) is 0 Å². The summed E-state index contributed by atoms with van der Waals surface area (Å²) in [5.41, 5.74) is 3.92. The van der Waals surface area contributed by atoms with E-state index in [1.807, 2.05) is 18.3 Å². The summed E-state index contributed by atoms with van der Waals surface area (Å²) in [6.45, 7) is 4.21. The third kappa shape index (κ3) is 3.01. The maximum atomic E-state index is 5.44. The third-order valence-electron chi connectivity index (χ3n) is 4.46. The fourth-order valence-corrected chi connectivity index (χ4v) is 4.45. The first-order chi connectivity index (χ1) is 11.8. The molecule has 0 fully saturated rings. The monoisotopic (exact) mass is 339 g/mol. The van der Waals surface area contributed by atoms with Gasteiger partial charge < -0.3 is 10.1 Å². The van der Waals surface area contributed by atoms with Crippen LogP contribution in [0.1, 0.15) is 34.9 Å². The summed E-state index contributed by atoms with van der Waals surface area (Å²) in [6, 6.07) is 8.56. The Labute approximate surface area is 145 Å². The van der Waals surface area contributed by atoms with Crippen molar-refractivity contribution >= 4 is 27.4 Å². The number of aryl methyl sites for hydroxylation is 2. The van der Waals surface area contributed by atoms with Gasteiger partial charge in [-0.25, -0.2) is 9.97 Å². The smallest absolute Gasteiger partial charge is 0.138 e. The molecule has 3 aromatic rings. The molecule has 4 nitrogen and oxygen atoms in total. The summed E-state index contributed by atoms with van der Waals surface area (Å²) in [5, 5.41) is 4.75. The van der Waals surface area contributed by atoms with Gasteiger partial charge in [0.15, 0.2) is 0 Å². The van der Waals surface area contributed by atoms with Crippen LogP contribution in [0.4, 0.5) is 5.82 Å². The average molecular weight is 339 g/mol. The van der Waals surface area contributed by atoms with E-state index in [4.69, 9.17) is 4.74 Å². The summed E-state index contributed by atoms with van der Waals surface area (Å²) in [4.78, 5) is 11.6. The summed E-state index contributed by atoms with van der Waals surface area (Å²) in [6.07, 6.45) is 5.27. The van der Waals surface area contributed by atoms with E-state index >= 15 is 0 Å². The molecule has 0 spiro atoms. The van der Waals surface area contributed by atoms with Gasteiger partial charge in [-0.1, -0.05) is 24.3 Å². The van der Waals surface area contributed by atoms with Gasteiger partial charge in [0.1, 0.15) is 17.0 Å². The number of hydrogen-bond acceptors (Lipinski definition) is 5. The maximum Gasteiger partial charge on any atom is 0.138 e. The number of ether oxygens (including phenoxy) is 1. The minimum absolute atomic E-state index is 0.678. The molecule has 0 saturated heterocycles. The molecule has 1 aliphatic carbocycles. The Bertz CT molecular complexity index is 842. The number of benzene rings is 1. The lowest BCUT2D eigenvalue weighted by Gasteiger charge is -2.09. The molecule has 0 radical (unpaired) electrons. The molecular weight excluding hydrogens is 318 g/mol. The van der Waals surface area contributed by atoms with Crippen LogP contribution in [0.2, 0.25) is 0 Å². The van der Waals surface area contributed by atoms with Crippen molar-refractivity contribution in [3.63, 3.8) is 0 Å². The highest BCUT2D eigenvalue weighted by Gasteiger charge is 2.20. The van der Waals surface area contributed by atoms with Crippen molar-refractivity contribution in [2.45, 2.75) is 39.3 Å². The highest BCUT2D eigenvalue weighted by atomic mass is 32.1. The zero-order valence-electron chi connectivity index (χ0n) is 13.8. The molecule has 124 valence electrons. The molecule has 0 saturated carbocycles. The van der Waals surface area contributed by atoms with E-state index in [2.05, 4.69) is 39.6 Å². The highest BCUT2D eigenvalue weighted by molar-refractivity contribution is 7.19. The molecule has 5 heteroatoms. The highest BCUT2D eigenvalue weighted by Crippen LogP contribution is 2.39. The van der Waals surface area contributed by atoms with Crippen molar-refractivity contribution in [1.82, 2.24) is 9.97 Å². The second-order valence-electron chi connectivity index (χ2n) is 6.07. The van der Waals surface area contributed by atoms with E-state index < -0.39 is 0 Å². The third-order valence-corrected chi connectivity index (χ3v) is 5.66. The number of hydrogen-bond donors (Lipinski definition) is 1. The standard InChI is InChI=1S/C19H21N3OS/c1-2-23-11-14-8-6-13(7-9-14)10-20-18-17-15-4-3-5-16(15)24-19(17)22-12-21-18/h6-9,12H,2-5,10-11H2,1H3,(H,20,21,22). The van der Waals surface area contributed by atoms with E-state index in [0.29, 0.717) is 6.61 Å². The van der Waals surface area contributed by atoms with Gasteiger partial charge in [-0.3, -0.25) is 0 Å². The Morgan fingerprint density at radius 3 is 2.79 bits per heavy atom. The summed E-state index contributed by atoms with van der Waals surface area (Å²) in [5.74, 6) is 0.970. The molecule has 1 aromatic carbocycles. The van der Waals surface area contributed by atoms with Crippen molar-refractivity contribution in [2.24, 2.45) is 0 Å². The van der Waals surface area contributed by atoms with Crippen LogP contribution in [0.15, 0.2) is 30.6 Å². The second kappa shape index (κ2) is 6.87. The van der Waals surface area contributed by atoms with Crippen LogP contribution in [-0.4, -0.2) is 16.6 Å². The van der Waals surface area contributed by atoms with E-state index in [1.165, 1.54) is 39.8 Å². The molecular formula is C19H21N3OS. The molecule has 2 aromatic heterocycles. The van der Waals surface area contributed by atoms with E-state index in [0.717, 1.165) is 30.2 Å². The quantitative estimate of drug-likeness (QED) is 0.726. The van der Waals surface area contributed by atoms with E-state index in [-0.39, 0.29) is 0 Å². The average Bonchev–Trinajstić information content (AvgIpc) is 3.20. The molecule has 4 rings (SSSR count). The lowest BCUT2D eigenvalue weighted by atomic mass is 10.1. The lowest BCUT2D eigenvalue weighted by molar-refractivity contribution is 0.134. The number of rotatable bonds is 6. The van der Waals surface area contributed by atoms with Crippen molar-refractivity contribution in [2.75, 3.05) is 11.9 Å². The van der Waals surface area contributed by atoms with Crippen molar-refractivity contribution in [3.05, 3.63) is 52.2 Å². The number of nitrogens with zero attached hydrogens (tertiary/aromatic N) is 2. The van der Waals surface area contributed by atoms with Gasteiger partial charge in [-0.2, -0.15) is 0 Å². The lowest BCUT2D eigenvalue weighted by Crippen LogP contribution is -2.03. The van der Waals surface area contributed by atoms with Crippen LogP contribution in [0.25, 0.3) is 10.2 Å². The topological polar surface area (TPSA) is 47.0 Å². The fourth-order valence-electron chi connectivity index (χ4n) is 3.22. The Hall–Kier alpha value is -1.98. The normalized spacial score (nSPS) is 13.4. The van der Waals surface area contributed by atoms with Gasteiger partial charge in [-0.15, -0.1) is 11.3 Å². The number of nitrogens with one attached hydrogen (secondary N) is 1.